The van der Waals surface area contributed by atoms with Crippen molar-refractivity contribution in [1.82, 2.24) is 20.1 Å². The number of fused-ring (bicyclic) bond motifs is 1. The van der Waals surface area contributed by atoms with E-state index in [1.807, 2.05) is 42.5 Å². The summed E-state index contributed by atoms with van der Waals surface area (Å²) in [4.78, 5) is 23.9. The maximum absolute atomic E-state index is 14.1. The molecule has 1 aliphatic carbocycles. The molecule has 1 saturated carbocycles. The number of carbonyl (C=O) groups excluding carboxylic acids is 1. The topological polar surface area (TPSA) is 68.7 Å². The van der Waals surface area contributed by atoms with Crippen LogP contribution in [0.4, 0.5) is 0 Å². The van der Waals surface area contributed by atoms with Crippen LogP contribution in [0, 0.1) is 5.92 Å². The highest BCUT2D eigenvalue weighted by Gasteiger charge is 2.27. The molecule has 1 aliphatic heterocycles. The number of nitrogens with one attached hydrogen (secondary N) is 1. The van der Waals surface area contributed by atoms with E-state index in [9.17, 15) is 9.90 Å². The molecule has 0 bridgehead atoms. The molecular weight excluding hydrogens is 460 g/mol. The summed E-state index contributed by atoms with van der Waals surface area (Å²) in [6, 6.07) is 18.5. The summed E-state index contributed by atoms with van der Waals surface area (Å²) in [6.45, 7) is 7.40. The van der Waals surface area contributed by atoms with Crippen molar-refractivity contribution in [3.8, 4) is 11.3 Å². The molecule has 0 spiro atoms. The summed E-state index contributed by atoms with van der Waals surface area (Å²) in [7, 11) is 0. The molecule has 0 unspecified atom stereocenters. The van der Waals surface area contributed by atoms with E-state index in [1.54, 1.807) is 0 Å². The Morgan fingerprint density at radius 2 is 1.65 bits per heavy atom. The van der Waals surface area contributed by atoms with Crippen molar-refractivity contribution >= 4 is 16.8 Å². The molecule has 1 aromatic heterocycles. The van der Waals surface area contributed by atoms with Gasteiger partial charge in [-0.1, -0.05) is 67.8 Å². The first-order valence-electron chi connectivity index (χ1n) is 14.0. The number of rotatable bonds is 8. The number of aliphatic hydroxyl groups is 1. The van der Waals surface area contributed by atoms with Gasteiger partial charge in [-0.2, -0.15) is 0 Å². The van der Waals surface area contributed by atoms with Gasteiger partial charge < -0.3 is 10.4 Å². The molecule has 2 heterocycles. The lowest BCUT2D eigenvalue weighted by molar-refractivity contribution is 0.0913. The van der Waals surface area contributed by atoms with Gasteiger partial charge in [0.1, 0.15) is 0 Å². The molecule has 1 atom stereocenters. The maximum Gasteiger partial charge on any atom is 0.252 e. The van der Waals surface area contributed by atoms with Crippen molar-refractivity contribution in [1.29, 1.82) is 0 Å². The third kappa shape index (κ3) is 6.03. The lowest BCUT2D eigenvalue weighted by Crippen LogP contribution is -2.47. The van der Waals surface area contributed by atoms with Crippen molar-refractivity contribution in [2.45, 2.75) is 51.6 Å². The zero-order valence-corrected chi connectivity index (χ0v) is 22.0. The standard InChI is InChI=1S/C31H40N4O2/c1-23(24-10-4-2-5-11-24)32-31(37)29-26-14-8-9-15-28(26)33-30(25-12-6-3-7-13-25)27(29)22-35-18-16-34(17-19-35)20-21-36/h3,6-9,12-15,23-24,36H,2,4-5,10-11,16-22H2,1H3,(H,32,37)/t23-/m0/s1. The Labute approximate surface area is 220 Å². The predicted molar refractivity (Wildman–Crippen MR) is 149 cm³/mol. The lowest BCUT2D eigenvalue weighted by Gasteiger charge is -2.35. The van der Waals surface area contributed by atoms with Crippen molar-refractivity contribution in [2.75, 3.05) is 39.3 Å². The fourth-order valence-electron chi connectivity index (χ4n) is 6.07. The Bertz CT molecular complexity index is 1180. The number of aliphatic hydroxyl groups excluding tert-OH is 1. The summed E-state index contributed by atoms with van der Waals surface area (Å²) in [5, 5.41) is 13.7. The molecule has 1 amide bonds. The van der Waals surface area contributed by atoms with Crippen LogP contribution in [0.25, 0.3) is 22.2 Å². The van der Waals surface area contributed by atoms with Gasteiger partial charge in [0.25, 0.3) is 5.91 Å². The van der Waals surface area contributed by atoms with Gasteiger partial charge in [0.05, 0.1) is 23.4 Å². The van der Waals surface area contributed by atoms with E-state index < -0.39 is 0 Å². The predicted octanol–water partition coefficient (Wildman–Crippen LogP) is 4.71. The first kappa shape index (κ1) is 25.8. The number of pyridine rings is 1. The van der Waals surface area contributed by atoms with Crippen molar-refractivity contribution < 1.29 is 9.90 Å². The SMILES string of the molecule is C[C@H](NC(=O)c1c(CN2CCN(CCO)CC2)c(-c2ccccc2)nc2ccccc12)C1CCCCC1. The highest BCUT2D eigenvalue weighted by molar-refractivity contribution is 6.09. The molecule has 2 N–H and O–H groups in total. The summed E-state index contributed by atoms with van der Waals surface area (Å²) >= 11 is 0. The number of nitrogens with zero attached hydrogens (tertiary/aromatic N) is 3. The normalized spacial score (nSPS) is 18.6. The van der Waals surface area contributed by atoms with E-state index in [4.69, 9.17) is 4.98 Å². The monoisotopic (exact) mass is 500 g/mol. The molecule has 6 nitrogen and oxygen atoms in total. The number of β-amino-alcohol motifs (C(OH)–C–C–N with tert-alkyl or cyclic N) is 1. The second-order valence-corrected chi connectivity index (χ2v) is 10.7. The minimum atomic E-state index is 0.0165. The zero-order chi connectivity index (χ0) is 25.6. The Balaban J connectivity index is 1.54. The largest absolute Gasteiger partial charge is 0.395 e. The van der Waals surface area contributed by atoms with Crippen molar-refractivity contribution in [2.24, 2.45) is 5.92 Å². The molecule has 0 radical (unpaired) electrons. The quantitative estimate of drug-likeness (QED) is 0.469. The second-order valence-electron chi connectivity index (χ2n) is 10.7. The maximum atomic E-state index is 14.1. The number of para-hydroxylation sites is 1. The van der Waals surface area contributed by atoms with Crippen LogP contribution in [0.2, 0.25) is 0 Å². The highest BCUT2D eigenvalue weighted by atomic mass is 16.3. The summed E-state index contributed by atoms with van der Waals surface area (Å²) in [5.41, 5.74) is 4.57. The number of aromatic nitrogens is 1. The molecule has 196 valence electrons. The molecule has 2 fully saturated rings. The van der Waals surface area contributed by atoms with Gasteiger partial charge in [-0.3, -0.25) is 14.6 Å². The van der Waals surface area contributed by atoms with Crippen LogP contribution in [0.1, 0.15) is 54.9 Å². The van der Waals surface area contributed by atoms with Gasteiger partial charge >= 0.3 is 0 Å². The van der Waals surface area contributed by atoms with E-state index in [0.717, 1.165) is 59.5 Å². The molecule has 37 heavy (non-hydrogen) atoms. The van der Waals surface area contributed by atoms with Gasteiger partial charge in [-0.15, -0.1) is 0 Å². The van der Waals surface area contributed by atoms with Crippen LogP contribution < -0.4 is 5.32 Å². The van der Waals surface area contributed by atoms with Gasteiger partial charge in [0.2, 0.25) is 0 Å². The average molecular weight is 501 g/mol. The number of benzene rings is 2. The summed E-state index contributed by atoms with van der Waals surface area (Å²) < 4.78 is 0. The van der Waals surface area contributed by atoms with Gasteiger partial charge in [0, 0.05) is 61.8 Å². The first-order valence-corrected chi connectivity index (χ1v) is 14.0. The van der Waals surface area contributed by atoms with Crippen molar-refractivity contribution in [3.05, 3.63) is 65.7 Å². The number of hydrogen-bond donors (Lipinski definition) is 2. The smallest absolute Gasteiger partial charge is 0.252 e. The molecule has 5 rings (SSSR count). The number of amides is 1. The first-order chi connectivity index (χ1) is 18.1. The van der Waals surface area contributed by atoms with Crippen LogP contribution in [-0.2, 0) is 6.54 Å². The summed E-state index contributed by atoms with van der Waals surface area (Å²) in [5.74, 6) is 0.560. The Morgan fingerprint density at radius 3 is 2.38 bits per heavy atom. The van der Waals surface area contributed by atoms with E-state index in [2.05, 4.69) is 34.2 Å². The third-order valence-corrected chi connectivity index (χ3v) is 8.25. The van der Waals surface area contributed by atoms with Crippen LogP contribution in [-0.4, -0.2) is 71.2 Å². The highest BCUT2D eigenvalue weighted by Crippen LogP contribution is 2.32. The molecule has 2 aliphatic rings. The number of piperazine rings is 1. The second kappa shape index (κ2) is 12.2. The molecule has 2 aromatic carbocycles. The fraction of sp³-hybridized carbons (Fsp3) is 0.484. The number of hydrogen-bond acceptors (Lipinski definition) is 5. The van der Waals surface area contributed by atoms with Gasteiger partial charge in [0.15, 0.2) is 0 Å². The minimum Gasteiger partial charge on any atom is -0.395 e. The molecule has 3 aromatic rings. The average Bonchev–Trinajstić information content (AvgIpc) is 2.94. The van der Waals surface area contributed by atoms with E-state index in [0.29, 0.717) is 19.0 Å². The Hall–Kier alpha value is -2.80. The van der Waals surface area contributed by atoms with Crippen LogP contribution in [0.3, 0.4) is 0 Å². The molecule has 1 saturated heterocycles. The summed E-state index contributed by atoms with van der Waals surface area (Å²) in [6.07, 6.45) is 6.21. The minimum absolute atomic E-state index is 0.0165. The fourth-order valence-corrected chi connectivity index (χ4v) is 6.07. The van der Waals surface area contributed by atoms with Crippen LogP contribution >= 0.6 is 0 Å². The van der Waals surface area contributed by atoms with Crippen LogP contribution in [0.15, 0.2) is 54.6 Å². The Kier molecular flexibility index (Phi) is 8.49. The zero-order valence-electron chi connectivity index (χ0n) is 22.0. The number of carbonyl (C=O) groups is 1. The molecule has 6 heteroatoms. The third-order valence-electron chi connectivity index (χ3n) is 8.25. The lowest BCUT2D eigenvalue weighted by atomic mass is 9.84. The van der Waals surface area contributed by atoms with Gasteiger partial charge in [-0.25, -0.2) is 4.98 Å². The Morgan fingerprint density at radius 1 is 0.973 bits per heavy atom. The molecular formula is C31H40N4O2. The van der Waals surface area contributed by atoms with E-state index in [1.165, 1.54) is 32.1 Å². The van der Waals surface area contributed by atoms with Crippen LogP contribution in [0.5, 0.6) is 0 Å². The van der Waals surface area contributed by atoms with E-state index >= 15 is 0 Å². The van der Waals surface area contributed by atoms with E-state index in [-0.39, 0.29) is 18.6 Å². The van der Waals surface area contributed by atoms with Gasteiger partial charge in [-0.05, 0) is 31.7 Å². The van der Waals surface area contributed by atoms with Crippen molar-refractivity contribution in [3.63, 3.8) is 0 Å².